The first-order chi connectivity index (χ1) is 14.0. The molecule has 1 aliphatic heterocycles. The lowest BCUT2D eigenvalue weighted by atomic mass is 10.2. The number of carboxylic acids is 1. The van der Waals surface area contributed by atoms with E-state index in [0.29, 0.717) is 43.0 Å². The molecule has 148 valence electrons. The highest BCUT2D eigenvalue weighted by molar-refractivity contribution is 6.00. The lowest BCUT2D eigenvalue weighted by Crippen LogP contribution is -2.50. The second-order valence-electron chi connectivity index (χ2n) is 6.63. The molecule has 9 nitrogen and oxygen atoms in total. The van der Waals surface area contributed by atoms with Crippen molar-refractivity contribution in [1.82, 2.24) is 14.9 Å². The van der Waals surface area contributed by atoms with Crippen LogP contribution >= 0.6 is 0 Å². The van der Waals surface area contributed by atoms with E-state index >= 15 is 0 Å². The third-order valence-electron chi connectivity index (χ3n) is 4.83. The standard InChI is InChI=1S/C20H19N5O4/c26-16-7-3-6-15-18(16)23-17(12-21-15)24-8-10-25(11-9-24)20(29)22-14-5-2-1-4-13(14)19(27)28/h1-7,12,26H,8-11H2,(H,22,29)(H,27,28). The summed E-state index contributed by atoms with van der Waals surface area (Å²) in [6, 6.07) is 11.0. The molecule has 3 N–H and O–H groups in total. The number of hydrogen-bond donors (Lipinski definition) is 3. The molecule has 0 aliphatic carbocycles. The molecule has 29 heavy (non-hydrogen) atoms. The fraction of sp³-hybridized carbons (Fsp3) is 0.200. The molecule has 1 saturated heterocycles. The highest BCUT2D eigenvalue weighted by Crippen LogP contribution is 2.24. The van der Waals surface area contributed by atoms with Crippen molar-refractivity contribution in [2.45, 2.75) is 0 Å². The van der Waals surface area contributed by atoms with Crippen LogP contribution in [0, 0.1) is 0 Å². The van der Waals surface area contributed by atoms with E-state index < -0.39 is 5.97 Å². The number of carboxylic acid groups (broad SMARTS) is 1. The normalized spacial score (nSPS) is 14.1. The monoisotopic (exact) mass is 393 g/mol. The Morgan fingerprint density at radius 3 is 2.52 bits per heavy atom. The number of anilines is 2. The van der Waals surface area contributed by atoms with Gasteiger partial charge in [-0.15, -0.1) is 0 Å². The van der Waals surface area contributed by atoms with Crippen LogP contribution in [-0.4, -0.2) is 63.3 Å². The van der Waals surface area contributed by atoms with E-state index in [4.69, 9.17) is 0 Å². The number of phenolic OH excluding ortho intramolecular Hbond substituents is 1. The average Bonchev–Trinajstić information content (AvgIpc) is 2.74. The zero-order valence-corrected chi connectivity index (χ0v) is 15.4. The number of para-hydroxylation sites is 2. The Morgan fingerprint density at radius 1 is 1.00 bits per heavy atom. The van der Waals surface area contributed by atoms with Crippen molar-refractivity contribution in [2.24, 2.45) is 0 Å². The smallest absolute Gasteiger partial charge is 0.337 e. The van der Waals surface area contributed by atoms with Gasteiger partial charge in [-0.3, -0.25) is 4.98 Å². The molecule has 0 atom stereocenters. The van der Waals surface area contributed by atoms with Crippen molar-refractivity contribution in [1.29, 1.82) is 0 Å². The number of aromatic nitrogens is 2. The summed E-state index contributed by atoms with van der Waals surface area (Å²) in [7, 11) is 0. The van der Waals surface area contributed by atoms with E-state index in [9.17, 15) is 19.8 Å². The first-order valence-corrected chi connectivity index (χ1v) is 9.11. The van der Waals surface area contributed by atoms with Crippen molar-refractivity contribution in [3.63, 3.8) is 0 Å². The zero-order chi connectivity index (χ0) is 20.4. The van der Waals surface area contributed by atoms with Crippen molar-refractivity contribution in [2.75, 3.05) is 36.4 Å². The van der Waals surface area contributed by atoms with Gasteiger partial charge in [0.2, 0.25) is 0 Å². The number of amides is 2. The van der Waals surface area contributed by atoms with Gasteiger partial charge in [0.05, 0.1) is 23.0 Å². The van der Waals surface area contributed by atoms with Gasteiger partial charge in [0.25, 0.3) is 0 Å². The number of urea groups is 1. The predicted molar refractivity (Wildman–Crippen MR) is 107 cm³/mol. The van der Waals surface area contributed by atoms with Crippen LogP contribution in [0.15, 0.2) is 48.7 Å². The van der Waals surface area contributed by atoms with Gasteiger partial charge >= 0.3 is 12.0 Å². The molecule has 9 heteroatoms. The van der Waals surface area contributed by atoms with E-state index in [0.717, 1.165) is 0 Å². The van der Waals surface area contributed by atoms with Gasteiger partial charge in [-0.05, 0) is 24.3 Å². The molecule has 0 bridgehead atoms. The number of carbonyl (C=O) groups excluding carboxylic acids is 1. The highest BCUT2D eigenvalue weighted by atomic mass is 16.4. The Balaban J connectivity index is 1.42. The summed E-state index contributed by atoms with van der Waals surface area (Å²) in [5.41, 5.74) is 1.37. The first kappa shape index (κ1) is 18.5. The van der Waals surface area contributed by atoms with Gasteiger partial charge in [-0.25, -0.2) is 14.6 Å². The maximum atomic E-state index is 12.5. The van der Waals surface area contributed by atoms with Crippen LogP contribution in [-0.2, 0) is 0 Å². The van der Waals surface area contributed by atoms with E-state index in [1.54, 1.807) is 47.5 Å². The Bertz CT molecular complexity index is 1080. The molecule has 1 aromatic heterocycles. The van der Waals surface area contributed by atoms with E-state index in [1.165, 1.54) is 6.07 Å². The predicted octanol–water partition coefficient (Wildman–Crippen LogP) is 2.39. The fourth-order valence-corrected chi connectivity index (χ4v) is 3.27. The summed E-state index contributed by atoms with van der Waals surface area (Å²) in [6.07, 6.45) is 1.65. The Hall–Kier alpha value is -3.88. The van der Waals surface area contributed by atoms with Crippen molar-refractivity contribution >= 4 is 34.5 Å². The van der Waals surface area contributed by atoms with Gasteiger partial charge in [0.15, 0.2) is 0 Å². The average molecular weight is 393 g/mol. The molecule has 1 fully saturated rings. The number of nitrogens with one attached hydrogen (secondary N) is 1. The minimum absolute atomic E-state index is 0.0470. The number of rotatable bonds is 3. The number of phenols is 1. The van der Waals surface area contributed by atoms with Gasteiger partial charge in [-0.2, -0.15) is 0 Å². The summed E-state index contributed by atoms with van der Waals surface area (Å²) in [5, 5.41) is 21.9. The van der Waals surface area contributed by atoms with E-state index in [-0.39, 0.29) is 23.0 Å². The number of aromatic hydroxyl groups is 1. The summed E-state index contributed by atoms with van der Waals surface area (Å²) in [5.74, 6) is -0.383. The van der Waals surface area contributed by atoms with Crippen LogP contribution in [0.1, 0.15) is 10.4 Å². The Labute approximate surface area is 166 Å². The molecule has 2 amide bonds. The van der Waals surface area contributed by atoms with Gasteiger partial charge in [-0.1, -0.05) is 18.2 Å². The second kappa shape index (κ2) is 7.63. The maximum absolute atomic E-state index is 12.5. The lowest BCUT2D eigenvalue weighted by molar-refractivity contribution is 0.0698. The van der Waals surface area contributed by atoms with Crippen LogP contribution in [0.5, 0.6) is 5.75 Å². The molecule has 1 aliphatic rings. The third kappa shape index (κ3) is 3.75. The lowest BCUT2D eigenvalue weighted by Gasteiger charge is -2.35. The highest BCUT2D eigenvalue weighted by Gasteiger charge is 2.23. The molecule has 0 unspecified atom stereocenters. The molecule has 2 heterocycles. The molecule has 0 radical (unpaired) electrons. The number of aromatic carboxylic acids is 1. The van der Waals surface area contributed by atoms with Crippen LogP contribution in [0.25, 0.3) is 11.0 Å². The Morgan fingerprint density at radius 2 is 1.76 bits per heavy atom. The van der Waals surface area contributed by atoms with Crippen LogP contribution in [0.3, 0.4) is 0 Å². The fourth-order valence-electron chi connectivity index (χ4n) is 3.27. The first-order valence-electron chi connectivity index (χ1n) is 9.11. The van der Waals surface area contributed by atoms with Crippen molar-refractivity contribution in [3.05, 3.63) is 54.2 Å². The van der Waals surface area contributed by atoms with Crippen molar-refractivity contribution < 1.29 is 19.8 Å². The topological polar surface area (TPSA) is 119 Å². The molecular weight excluding hydrogens is 374 g/mol. The van der Waals surface area contributed by atoms with Crippen LogP contribution in [0.4, 0.5) is 16.3 Å². The number of nitrogens with zero attached hydrogens (tertiary/aromatic N) is 4. The van der Waals surface area contributed by atoms with E-state index in [1.807, 2.05) is 4.90 Å². The third-order valence-corrected chi connectivity index (χ3v) is 4.83. The number of hydrogen-bond acceptors (Lipinski definition) is 6. The van der Waals surface area contributed by atoms with Crippen molar-refractivity contribution in [3.8, 4) is 5.75 Å². The van der Waals surface area contributed by atoms with Crippen LogP contribution < -0.4 is 10.2 Å². The molecule has 0 spiro atoms. The number of fused-ring (bicyclic) bond motifs is 1. The summed E-state index contributed by atoms with van der Waals surface area (Å²) in [4.78, 5) is 36.3. The van der Waals surface area contributed by atoms with Gasteiger partial charge < -0.3 is 25.3 Å². The molecule has 4 rings (SSSR count). The molecular formula is C20H19N5O4. The van der Waals surface area contributed by atoms with Gasteiger partial charge in [0, 0.05) is 26.2 Å². The Kier molecular flexibility index (Phi) is 4.86. The minimum atomic E-state index is -1.09. The molecule has 2 aromatic carbocycles. The summed E-state index contributed by atoms with van der Waals surface area (Å²) in [6.45, 7) is 1.98. The zero-order valence-electron chi connectivity index (χ0n) is 15.4. The molecule has 3 aromatic rings. The largest absolute Gasteiger partial charge is 0.506 e. The number of benzene rings is 2. The molecule has 0 saturated carbocycles. The minimum Gasteiger partial charge on any atom is -0.506 e. The van der Waals surface area contributed by atoms with Crippen LogP contribution in [0.2, 0.25) is 0 Å². The summed E-state index contributed by atoms with van der Waals surface area (Å²) >= 11 is 0. The van der Waals surface area contributed by atoms with Gasteiger partial charge in [0.1, 0.15) is 17.1 Å². The maximum Gasteiger partial charge on any atom is 0.337 e. The summed E-state index contributed by atoms with van der Waals surface area (Å²) < 4.78 is 0. The second-order valence-corrected chi connectivity index (χ2v) is 6.63. The van der Waals surface area contributed by atoms with E-state index in [2.05, 4.69) is 15.3 Å². The SMILES string of the molecule is O=C(O)c1ccccc1NC(=O)N1CCN(c2cnc3cccc(O)c3n2)CC1. The number of carbonyl (C=O) groups is 2. The number of piperazine rings is 1. The quantitative estimate of drug-likeness (QED) is 0.625.